The molecule has 0 amide bonds. The zero-order chi connectivity index (χ0) is 10.1. The summed E-state index contributed by atoms with van der Waals surface area (Å²) in [5, 5.41) is 10.3. The van der Waals surface area contributed by atoms with Gasteiger partial charge in [-0.25, -0.2) is 5.84 Å². The monoisotopic (exact) mass is 188 g/mol. The Balaban J connectivity index is 2.67. The molecule has 0 saturated carbocycles. The van der Waals surface area contributed by atoms with Crippen LogP contribution >= 0.6 is 0 Å². The molecule has 0 saturated heterocycles. The third-order valence-corrected chi connectivity index (χ3v) is 1.68. The first kappa shape index (κ1) is 9.97. The zero-order valence-electron chi connectivity index (χ0n) is 7.48. The van der Waals surface area contributed by atoms with Crippen molar-refractivity contribution < 1.29 is 19.5 Å². The van der Waals surface area contributed by atoms with E-state index < -0.39 is 11.7 Å². The third-order valence-electron chi connectivity index (χ3n) is 1.68. The smallest absolute Gasteiger partial charge is 0.310 e. The van der Waals surface area contributed by atoms with E-state index in [1.54, 1.807) is 6.92 Å². The van der Waals surface area contributed by atoms with Crippen molar-refractivity contribution in [1.82, 2.24) is 5.17 Å². The summed E-state index contributed by atoms with van der Waals surface area (Å²) in [7, 11) is 0. The molecule has 1 heterocycles. The topological polar surface area (TPSA) is 85.0 Å². The number of carbonyl (C=O) groups excluding carboxylic acids is 1. The Morgan fingerprint density at radius 2 is 2.54 bits per heavy atom. The van der Waals surface area contributed by atoms with E-state index in [2.05, 4.69) is 4.84 Å². The average molecular weight is 188 g/mol. The average Bonchev–Trinajstić information content (AvgIpc) is 2.31. The number of hydrogen-bond donors (Lipinski definition) is 2. The number of nitrogens with zero attached hydrogens (tertiary/aromatic N) is 1. The van der Waals surface area contributed by atoms with Gasteiger partial charge in [-0.15, -0.1) is 0 Å². The van der Waals surface area contributed by atoms with Gasteiger partial charge in [-0.3, -0.25) is 4.79 Å². The lowest BCUT2D eigenvalue weighted by Crippen LogP contribution is -2.48. The van der Waals surface area contributed by atoms with E-state index >= 15 is 0 Å². The normalized spacial score (nSPS) is 28.2. The maximum Gasteiger partial charge on any atom is 0.310 e. The largest absolute Gasteiger partial charge is 0.423 e. The zero-order valence-corrected chi connectivity index (χ0v) is 7.48. The minimum atomic E-state index is -1.59. The Labute approximate surface area is 75.4 Å². The van der Waals surface area contributed by atoms with Crippen LogP contribution < -0.4 is 5.84 Å². The standard InChI is InChI=1S/C7H12N2O4/c1-3-6(10)13-5-4-12-9(8)7(5,2)11/h4,11H,3,8H2,1-2H3. The van der Waals surface area contributed by atoms with Gasteiger partial charge in [0, 0.05) is 6.42 Å². The minimum Gasteiger partial charge on any atom is -0.423 e. The van der Waals surface area contributed by atoms with Gasteiger partial charge in [0.05, 0.1) is 0 Å². The van der Waals surface area contributed by atoms with Crippen LogP contribution in [-0.2, 0) is 14.4 Å². The fraction of sp³-hybridized carbons (Fsp3) is 0.571. The Bertz CT molecular complexity index is 249. The summed E-state index contributed by atoms with van der Waals surface area (Å²) < 4.78 is 4.77. The van der Waals surface area contributed by atoms with Crippen LogP contribution in [0.25, 0.3) is 0 Å². The Hall–Kier alpha value is -1.11. The lowest BCUT2D eigenvalue weighted by atomic mass is 10.2. The van der Waals surface area contributed by atoms with Gasteiger partial charge in [0.15, 0.2) is 12.0 Å². The van der Waals surface area contributed by atoms with Crippen LogP contribution in [0, 0.1) is 0 Å². The molecule has 6 nitrogen and oxygen atoms in total. The number of aliphatic hydroxyl groups is 1. The molecule has 74 valence electrons. The first-order chi connectivity index (χ1) is 5.98. The second-order valence-corrected chi connectivity index (χ2v) is 2.76. The van der Waals surface area contributed by atoms with E-state index in [0.29, 0.717) is 5.17 Å². The van der Waals surface area contributed by atoms with E-state index in [0.717, 1.165) is 6.26 Å². The number of ether oxygens (including phenoxy) is 1. The summed E-state index contributed by atoms with van der Waals surface area (Å²) in [6.07, 6.45) is 1.31. The molecule has 1 atom stereocenters. The molecule has 0 aromatic heterocycles. The molecule has 1 unspecified atom stereocenters. The van der Waals surface area contributed by atoms with E-state index in [4.69, 9.17) is 10.6 Å². The van der Waals surface area contributed by atoms with Gasteiger partial charge in [-0.1, -0.05) is 6.92 Å². The summed E-state index contributed by atoms with van der Waals surface area (Å²) in [5.74, 6) is 4.77. The lowest BCUT2D eigenvalue weighted by Gasteiger charge is -2.24. The van der Waals surface area contributed by atoms with E-state index in [9.17, 15) is 9.90 Å². The van der Waals surface area contributed by atoms with Gasteiger partial charge in [0.2, 0.25) is 5.72 Å². The summed E-state index contributed by atoms with van der Waals surface area (Å²) in [6.45, 7) is 3.00. The maximum atomic E-state index is 10.9. The van der Waals surface area contributed by atoms with Crippen LogP contribution in [0.3, 0.4) is 0 Å². The van der Waals surface area contributed by atoms with Gasteiger partial charge in [-0.2, -0.15) is 0 Å². The van der Waals surface area contributed by atoms with Crippen LogP contribution in [0.1, 0.15) is 20.3 Å². The second kappa shape index (κ2) is 3.33. The highest BCUT2D eigenvalue weighted by atomic mass is 16.7. The van der Waals surface area contributed by atoms with Crippen molar-refractivity contribution in [1.29, 1.82) is 0 Å². The maximum absolute atomic E-state index is 10.9. The van der Waals surface area contributed by atoms with Crippen molar-refractivity contribution in [2.45, 2.75) is 26.0 Å². The van der Waals surface area contributed by atoms with Gasteiger partial charge < -0.3 is 14.7 Å². The highest BCUT2D eigenvalue weighted by molar-refractivity contribution is 5.70. The molecule has 13 heavy (non-hydrogen) atoms. The number of nitrogens with two attached hydrogens (primary N) is 1. The van der Waals surface area contributed by atoms with Crippen LogP contribution in [0.4, 0.5) is 0 Å². The number of rotatable bonds is 2. The quantitative estimate of drug-likeness (QED) is 0.453. The van der Waals surface area contributed by atoms with Crippen LogP contribution in [0.2, 0.25) is 0 Å². The fourth-order valence-electron chi connectivity index (χ4n) is 0.743. The predicted octanol–water partition coefficient (Wildman–Crippen LogP) is -0.390. The predicted molar refractivity (Wildman–Crippen MR) is 42.2 cm³/mol. The third kappa shape index (κ3) is 1.80. The molecule has 0 aromatic carbocycles. The Morgan fingerprint density at radius 3 is 2.92 bits per heavy atom. The number of hydroxylamine groups is 1. The molecule has 0 fully saturated rings. The Kier molecular flexibility index (Phi) is 2.55. The molecule has 1 aliphatic heterocycles. The molecule has 0 aromatic rings. The molecular formula is C7H12N2O4. The molecule has 0 spiro atoms. The number of hydrazine groups is 1. The van der Waals surface area contributed by atoms with Gasteiger partial charge in [0.25, 0.3) is 0 Å². The van der Waals surface area contributed by atoms with Crippen molar-refractivity contribution >= 4 is 5.97 Å². The second-order valence-electron chi connectivity index (χ2n) is 2.76. The lowest BCUT2D eigenvalue weighted by molar-refractivity contribution is -0.226. The summed E-state index contributed by atoms with van der Waals surface area (Å²) in [6, 6.07) is 0. The van der Waals surface area contributed by atoms with Crippen LogP contribution in [0.5, 0.6) is 0 Å². The first-order valence-corrected chi connectivity index (χ1v) is 3.84. The van der Waals surface area contributed by atoms with Gasteiger partial charge in [-0.05, 0) is 12.1 Å². The molecule has 0 bridgehead atoms. The molecule has 1 aliphatic rings. The van der Waals surface area contributed by atoms with Crippen LogP contribution in [-0.4, -0.2) is 22.0 Å². The van der Waals surface area contributed by atoms with Crippen molar-refractivity contribution in [2.24, 2.45) is 5.84 Å². The van der Waals surface area contributed by atoms with Crippen molar-refractivity contribution in [3.63, 3.8) is 0 Å². The SMILES string of the molecule is CCC(=O)OC1=CON(N)C1(C)O. The summed E-state index contributed by atoms with van der Waals surface area (Å²) in [4.78, 5) is 15.5. The van der Waals surface area contributed by atoms with Crippen molar-refractivity contribution in [2.75, 3.05) is 0 Å². The number of esters is 1. The van der Waals surface area contributed by atoms with E-state index in [1.807, 2.05) is 0 Å². The molecule has 6 heteroatoms. The fourth-order valence-corrected chi connectivity index (χ4v) is 0.743. The first-order valence-electron chi connectivity index (χ1n) is 3.84. The van der Waals surface area contributed by atoms with Crippen LogP contribution in [0.15, 0.2) is 12.0 Å². The highest BCUT2D eigenvalue weighted by Crippen LogP contribution is 2.26. The molecular weight excluding hydrogens is 176 g/mol. The van der Waals surface area contributed by atoms with Gasteiger partial charge >= 0.3 is 5.97 Å². The van der Waals surface area contributed by atoms with E-state index in [1.165, 1.54) is 6.92 Å². The minimum absolute atomic E-state index is 0.0122. The van der Waals surface area contributed by atoms with Gasteiger partial charge in [0.1, 0.15) is 0 Å². The number of carbonyl (C=O) groups is 1. The molecule has 1 rings (SSSR count). The van der Waals surface area contributed by atoms with E-state index in [-0.39, 0.29) is 12.2 Å². The molecule has 3 N–H and O–H groups in total. The molecule has 0 aliphatic carbocycles. The van der Waals surface area contributed by atoms with Crippen molar-refractivity contribution in [3.05, 3.63) is 12.0 Å². The summed E-state index contributed by atoms with van der Waals surface area (Å²) >= 11 is 0. The number of hydrogen-bond acceptors (Lipinski definition) is 6. The highest BCUT2D eigenvalue weighted by Gasteiger charge is 2.41. The molecule has 0 radical (unpaired) electrons. The Morgan fingerprint density at radius 1 is 1.92 bits per heavy atom. The van der Waals surface area contributed by atoms with Crippen molar-refractivity contribution in [3.8, 4) is 0 Å². The summed E-state index contributed by atoms with van der Waals surface area (Å²) in [5.41, 5.74) is -1.59.